The Labute approximate surface area is 233 Å². The summed E-state index contributed by atoms with van der Waals surface area (Å²) in [4.78, 5) is 12.0. The monoisotopic (exact) mass is 533 g/mol. The fourth-order valence-electron chi connectivity index (χ4n) is 5.13. The van der Waals surface area contributed by atoms with Gasteiger partial charge in [0.05, 0.1) is 25.9 Å². The number of alkyl carbamates (subject to hydrolysis) is 1. The summed E-state index contributed by atoms with van der Waals surface area (Å²) < 4.78 is 19.1. The van der Waals surface area contributed by atoms with Crippen molar-refractivity contribution in [2.75, 3.05) is 26.4 Å². The summed E-state index contributed by atoms with van der Waals surface area (Å²) in [5.74, 6) is 0.248. The highest BCUT2D eigenvalue weighted by Crippen LogP contribution is 2.20. The van der Waals surface area contributed by atoms with E-state index in [0.29, 0.717) is 26.4 Å². The van der Waals surface area contributed by atoms with Crippen molar-refractivity contribution >= 4 is 6.09 Å². The van der Waals surface area contributed by atoms with E-state index >= 15 is 0 Å². The summed E-state index contributed by atoms with van der Waals surface area (Å²) in [7, 11) is 1.96. The van der Waals surface area contributed by atoms with Gasteiger partial charge in [0.1, 0.15) is 13.6 Å². The molecule has 1 saturated heterocycles. The van der Waals surface area contributed by atoms with E-state index in [-0.39, 0.29) is 18.1 Å². The van der Waals surface area contributed by atoms with Crippen LogP contribution < -0.4 is 9.88 Å². The molecule has 6 nitrogen and oxygen atoms in total. The van der Waals surface area contributed by atoms with E-state index in [1.54, 1.807) is 0 Å². The van der Waals surface area contributed by atoms with Gasteiger partial charge in [-0.2, -0.15) is 0 Å². The molecular weight excluding hydrogens is 476 g/mol. The highest BCUT2D eigenvalue weighted by atomic mass is 16.6. The van der Waals surface area contributed by atoms with Gasteiger partial charge in [0, 0.05) is 24.7 Å². The van der Waals surface area contributed by atoms with Gasteiger partial charge < -0.3 is 19.5 Å². The van der Waals surface area contributed by atoms with Crippen LogP contribution in [0, 0.1) is 5.92 Å². The van der Waals surface area contributed by atoms with E-state index in [1.807, 2.05) is 36.0 Å². The first-order chi connectivity index (χ1) is 18.7. The van der Waals surface area contributed by atoms with Crippen LogP contribution in [0.2, 0.25) is 0 Å². The number of carbonyl (C=O) groups is 1. The Balaban J connectivity index is 1.31. The molecule has 6 heteroatoms. The normalized spacial score (nSPS) is 17.1. The van der Waals surface area contributed by atoms with E-state index in [2.05, 4.69) is 12.2 Å². The molecule has 1 aliphatic rings. The average molecular weight is 534 g/mol. The standard InChI is InChI=1S/C32H56N2O4/c1-3-4-5-6-7-8-9-10-11-12-13-14-15-16-17-20-23-36-28-31-24-29(26-37-31)27-38-32(35)33-25-30-21-18-19-22-34(30)2/h18-19,21-22,29,31H,3-17,20,23-28H2,1-2H3/p+1/t29-,31+/m0/s1. The molecule has 1 amide bonds. The quantitative estimate of drug-likeness (QED) is 0.117. The van der Waals surface area contributed by atoms with Gasteiger partial charge in [0.15, 0.2) is 6.20 Å². The van der Waals surface area contributed by atoms with E-state index in [4.69, 9.17) is 14.2 Å². The van der Waals surface area contributed by atoms with Crippen LogP contribution in [-0.2, 0) is 27.8 Å². The van der Waals surface area contributed by atoms with Crippen LogP contribution in [-0.4, -0.2) is 38.6 Å². The van der Waals surface area contributed by atoms with Gasteiger partial charge in [-0.1, -0.05) is 109 Å². The van der Waals surface area contributed by atoms with E-state index in [9.17, 15) is 4.79 Å². The number of hydrogen-bond donors (Lipinski definition) is 1. The third kappa shape index (κ3) is 16.3. The smallest absolute Gasteiger partial charge is 0.407 e. The lowest BCUT2D eigenvalue weighted by Gasteiger charge is -2.11. The summed E-state index contributed by atoms with van der Waals surface area (Å²) in [5, 5.41) is 2.82. The Morgan fingerprint density at radius 3 is 2.11 bits per heavy atom. The Kier molecular flexibility index (Phi) is 19.0. The topological polar surface area (TPSA) is 60.7 Å². The zero-order valence-corrected chi connectivity index (χ0v) is 24.6. The lowest BCUT2D eigenvalue weighted by atomic mass is 10.0. The molecule has 1 N–H and O–H groups in total. The van der Waals surface area contributed by atoms with Crippen molar-refractivity contribution in [1.29, 1.82) is 0 Å². The molecule has 0 saturated carbocycles. The van der Waals surface area contributed by atoms with E-state index in [1.165, 1.54) is 96.3 Å². The maximum atomic E-state index is 12.0. The Morgan fingerprint density at radius 1 is 0.895 bits per heavy atom. The third-order valence-electron chi connectivity index (χ3n) is 7.64. The zero-order valence-electron chi connectivity index (χ0n) is 24.6. The molecule has 1 aromatic heterocycles. The molecule has 1 fully saturated rings. The zero-order chi connectivity index (χ0) is 27.1. The highest BCUT2D eigenvalue weighted by molar-refractivity contribution is 5.67. The Bertz CT molecular complexity index is 714. The molecule has 0 unspecified atom stereocenters. The van der Waals surface area contributed by atoms with Gasteiger partial charge in [0.25, 0.3) is 0 Å². The van der Waals surface area contributed by atoms with Crippen LogP contribution >= 0.6 is 0 Å². The third-order valence-corrected chi connectivity index (χ3v) is 7.64. The Morgan fingerprint density at radius 2 is 1.50 bits per heavy atom. The minimum Gasteiger partial charge on any atom is -0.449 e. The Hall–Kier alpha value is -1.66. The second-order valence-electron chi connectivity index (χ2n) is 11.2. The number of aromatic nitrogens is 1. The number of carbonyl (C=O) groups excluding carboxylic acids is 1. The molecule has 0 bridgehead atoms. The van der Waals surface area contributed by atoms with E-state index in [0.717, 1.165) is 25.1 Å². The number of hydrogen-bond acceptors (Lipinski definition) is 4. The summed E-state index contributed by atoms with van der Waals surface area (Å²) in [6.07, 6.45) is 24.7. The molecule has 2 heterocycles. The predicted octanol–water partition coefficient (Wildman–Crippen LogP) is 7.42. The van der Waals surface area contributed by atoms with Crippen molar-refractivity contribution in [3.8, 4) is 0 Å². The lowest BCUT2D eigenvalue weighted by molar-refractivity contribution is -0.679. The molecule has 1 aliphatic heterocycles. The molecule has 0 aliphatic carbocycles. The molecular formula is C32H57N2O4+. The molecule has 1 aromatic rings. The maximum Gasteiger partial charge on any atom is 0.407 e. The number of nitrogens with zero attached hydrogens (tertiary/aromatic N) is 1. The first-order valence-electron chi connectivity index (χ1n) is 15.7. The number of unbranched alkanes of at least 4 members (excludes halogenated alkanes) is 15. The number of pyridine rings is 1. The average Bonchev–Trinajstić information content (AvgIpc) is 3.38. The molecule has 218 valence electrons. The van der Waals surface area contributed by atoms with Gasteiger partial charge in [0.2, 0.25) is 5.69 Å². The van der Waals surface area contributed by atoms with Gasteiger partial charge in [-0.25, -0.2) is 9.36 Å². The summed E-state index contributed by atoms with van der Waals surface area (Å²) in [6.45, 7) is 5.23. The molecule has 38 heavy (non-hydrogen) atoms. The fourth-order valence-corrected chi connectivity index (χ4v) is 5.13. The SMILES string of the molecule is CCCCCCCCCCCCCCCCCCOC[C@H]1C[C@H](COC(=O)NCc2cccc[n+]2C)CO1. The second kappa shape index (κ2) is 22.2. The highest BCUT2D eigenvalue weighted by Gasteiger charge is 2.26. The molecule has 2 atom stereocenters. The number of aryl methyl sites for hydroxylation is 1. The minimum absolute atomic E-state index is 0.121. The predicted molar refractivity (Wildman–Crippen MR) is 154 cm³/mol. The minimum atomic E-state index is -0.378. The second-order valence-corrected chi connectivity index (χ2v) is 11.2. The van der Waals surface area contributed by atoms with Crippen molar-refractivity contribution in [2.45, 2.75) is 129 Å². The molecule has 0 radical (unpaired) electrons. The van der Waals surface area contributed by atoms with Gasteiger partial charge in [-0.05, 0) is 12.8 Å². The van der Waals surface area contributed by atoms with Crippen LogP contribution in [0.3, 0.4) is 0 Å². The number of ether oxygens (including phenoxy) is 3. The summed E-state index contributed by atoms with van der Waals surface area (Å²) in [5.41, 5.74) is 1.02. The van der Waals surface area contributed by atoms with Gasteiger partial charge in [-0.15, -0.1) is 0 Å². The number of rotatable bonds is 23. The summed E-state index contributed by atoms with van der Waals surface area (Å²) in [6, 6.07) is 5.90. The largest absolute Gasteiger partial charge is 0.449 e. The van der Waals surface area contributed by atoms with Crippen molar-refractivity contribution in [3.63, 3.8) is 0 Å². The van der Waals surface area contributed by atoms with Crippen LogP contribution in [0.5, 0.6) is 0 Å². The maximum absolute atomic E-state index is 12.0. The molecule has 0 aromatic carbocycles. The van der Waals surface area contributed by atoms with Crippen LogP contribution in [0.4, 0.5) is 4.79 Å². The van der Waals surface area contributed by atoms with Crippen molar-refractivity contribution < 1.29 is 23.6 Å². The van der Waals surface area contributed by atoms with Crippen molar-refractivity contribution in [3.05, 3.63) is 30.1 Å². The first-order valence-corrected chi connectivity index (χ1v) is 15.7. The van der Waals surface area contributed by atoms with E-state index < -0.39 is 0 Å². The van der Waals surface area contributed by atoms with Crippen LogP contribution in [0.15, 0.2) is 24.4 Å². The van der Waals surface area contributed by atoms with Crippen LogP contribution in [0.25, 0.3) is 0 Å². The number of nitrogens with one attached hydrogen (secondary N) is 1. The lowest BCUT2D eigenvalue weighted by Crippen LogP contribution is -2.37. The molecule has 2 rings (SSSR count). The van der Waals surface area contributed by atoms with Crippen molar-refractivity contribution in [2.24, 2.45) is 13.0 Å². The molecule has 0 spiro atoms. The van der Waals surface area contributed by atoms with Gasteiger partial charge in [-0.3, -0.25) is 0 Å². The van der Waals surface area contributed by atoms with Crippen LogP contribution in [0.1, 0.15) is 122 Å². The summed E-state index contributed by atoms with van der Waals surface area (Å²) >= 11 is 0. The van der Waals surface area contributed by atoms with Crippen molar-refractivity contribution in [1.82, 2.24) is 5.32 Å². The fraction of sp³-hybridized carbons (Fsp3) is 0.812. The first kappa shape index (κ1) is 32.6. The number of amides is 1. The van der Waals surface area contributed by atoms with Gasteiger partial charge >= 0.3 is 6.09 Å².